The molecule has 1 atom stereocenters. The Bertz CT molecular complexity index is 652. The first kappa shape index (κ1) is 16.2. The Morgan fingerprint density at radius 3 is 2.57 bits per heavy atom. The maximum atomic E-state index is 11.7. The van der Waals surface area contributed by atoms with Gasteiger partial charge in [-0.05, 0) is 25.1 Å². The lowest BCUT2D eigenvalue weighted by Gasteiger charge is -2.19. The normalized spacial score (nSPS) is 13.1. The molecule has 0 unspecified atom stereocenters. The van der Waals surface area contributed by atoms with E-state index in [0.717, 1.165) is 10.4 Å². The third-order valence-corrected chi connectivity index (χ3v) is 5.42. The van der Waals surface area contributed by atoms with E-state index < -0.39 is 13.4 Å². The zero-order valence-electron chi connectivity index (χ0n) is 11.8. The number of ether oxygens (including phenoxy) is 1. The third kappa shape index (κ3) is 4.15. The molecule has 1 aromatic carbocycles. The van der Waals surface area contributed by atoms with Crippen molar-refractivity contribution in [3.05, 3.63) is 51.7 Å². The quantitative estimate of drug-likeness (QED) is 0.711. The topological polar surface area (TPSA) is 78.8 Å². The van der Waals surface area contributed by atoms with E-state index in [1.807, 2.05) is 37.3 Å². The molecule has 0 radical (unpaired) electrons. The lowest BCUT2D eigenvalue weighted by molar-refractivity contribution is 0.347. The van der Waals surface area contributed by atoms with Gasteiger partial charge in [0.05, 0.1) is 7.11 Å². The summed E-state index contributed by atoms with van der Waals surface area (Å²) < 4.78 is 17.0. The highest BCUT2D eigenvalue weighted by atomic mass is 32.1. The molecular formula is C14H18NO4PS. The molecule has 7 heteroatoms. The van der Waals surface area contributed by atoms with Gasteiger partial charge in [0.15, 0.2) is 0 Å². The van der Waals surface area contributed by atoms with Crippen LogP contribution in [0.2, 0.25) is 0 Å². The molecule has 0 aliphatic carbocycles. The van der Waals surface area contributed by atoms with Gasteiger partial charge in [-0.1, -0.05) is 18.2 Å². The molecule has 1 aromatic heterocycles. The van der Waals surface area contributed by atoms with E-state index in [9.17, 15) is 14.4 Å². The molecule has 2 rings (SSSR count). The maximum absolute atomic E-state index is 11.7. The molecule has 0 aliphatic rings. The number of hydrogen-bond donors (Lipinski definition) is 3. The smallest absolute Gasteiger partial charge is 0.347 e. The molecule has 0 amide bonds. The van der Waals surface area contributed by atoms with Gasteiger partial charge in [0.25, 0.3) is 0 Å². The van der Waals surface area contributed by atoms with Crippen molar-refractivity contribution in [2.45, 2.75) is 19.3 Å². The molecule has 5 nitrogen and oxygen atoms in total. The predicted molar refractivity (Wildman–Crippen MR) is 83.7 cm³/mol. The van der Waals surface area contributed by atoms with E-state index in [1.54, 1.807) is 13.2 Å². The highest BCUT2D eigenvalue weighted by Gasteiger charge is 2.31. The first-order valence-corrected chi connectivity index (χ1v) is 8.88. The summed E-state index contributed by atoms with van der Waals surface area (Å²) in [5.41, 5.74) is 0.853. The van der Waals surface area contributed by atoms with Gasteiger partial charge in [-0.15, -0.1) is 11.3 Å². The van der Waals surface area contributed by atoms with Crippen molar-refractivity contribution in [1.82, 2.24) is 5.32 Å². The Hall–Kier alpha value is -1.17. The van der Waals surface area contributed by atoms with Gasteiger partial charge in [-0.3, -0.25) is 9.88 Å². The summed E-state index contributed by atoms with van der Waals surface area (Å²) in [4.78, 5) is 20.8. The van der Waals surface area contributed by atoms with Gasteiger partial charge in [0.1, 0.15) is 11.5 Å². The number of hydrogen-bond acceptors (Lipinski definition) is 4. The molecule has 0 saturated carbocycles. The van der Waals surface area contributed by atoms with Crippen LogP contribution < -0.4 is 10.1 Å². The fourth-order valence-electron chi connectivity index (χ4n) is 2.04. The van der Waals surface area contributed by atoms with Crippen LogP contribution in [0.1, 0.15) is 21.1 Å². The Morgan fingerprint density at radius 2 is 2.00 bits per heavy atom. The highest BCUT2D eigenvalue weighted by Crippen LogP contribution is 2.51. The van der Waals surface area contributed by atoms with Crippen molar-refractivity contribution in [2.75, 3.05) is 7.11 Å². The average molecular weight is 327 g/mol. The molecule has 0 saturated heterocycles. The molecule has 0 bridgehead atoms. The van der Waals surface area contributed by atoms with E-state index in [1.165, 1.54) is 11.3 Å². The van der Waals surface area contributed by atoms with Crippen LogP contribution in [0.25, 0.3) is 0 Å². The zero-order valence-corrected chi connectivity index (χ0v) is 13.5. The second kappa shape index (κ2) is 6.73. The molecule has 0 aliphatic heterocycles. The number of nitrogens with one attached hydrogen (secondary N) is 1. The van der Waals surface area contributed by atoms with Gasteiger partial charge < -0.3 is 14.5 Å². The SMILES string of the molecule is COc1ccccc1CN[C@@H](c1ccc(C)s1)P(=O)(O)O. The summed E-state index contributed by atoms with van der Waals surface area (Å²) in [6, 6.07) is 11.0. The number of rotatable bonds is 6. The van der Waals surface area contributed by atoms with E-state index in [4.69, 9.17) is 4.74 Å². The van der Waals surface area contributed by atoms with Crippen LogP contribution >= 0.6 is 18.9 Å². The standard InChI is InChI=1S/C14H18NO4PS/c1-10-7-8-13(21-10)14(20(16,17)18)15-9-11-5-3-4-6-12(11)19-2/h3-8,14-15H,9H2,1-2H3,(H2,16,17,18)/t14-/m1/s1. The van der Waals surface area contributed by atoms with Gasteiger partial charge in [0, 0.05) is 21.9 Å². The highest BCUT2D eigenvalue weighted by molar-refractivity contribution is 7.52. The lowest BCUT2D eigenvalue weighted by atomic mass is 10.2. The number of thiophene rings is 1. The fraction of sp³-hybridized carbons (Fsp3) is 0.286. The second-order valence-electron chi connectivity index (χ2n) is 4.63. The number of methoxy groups -OCH3 is 1. The molecule has 0 fully saturated rings. The molecule has 114 valence electrons. The Balaban J connectivity index is 2.19. The minimum atomic E-state index is -4.29. The van der Waals surface area contributed by atoms with Gasteiger partial charge >= 0.3 is 7.60 Å². The number of para-hydroxylation sites is 1. The largest absolute Gasteiger partial charge is 0.496 e. The summed E-state index contributed by atoms with van der Waals surface area (Å²) in [5.74, 6) is -0.307. The molecule has 0 spiro atoms. The third-order valence-electron chi connectivity index (χ3n) is 3.05. The van der Waals surface area contributed by atoms with Crippen LogP contribution in [-0.2, 0) is 11.1 Å². The van der Waals surface area contributed by atoms with E-state index in [-0.39, 0.29) is 0 Å². The monoisotopic (exact) mass is 327 g/mol. The van der Waals surface area contributed by atoms with E-state index >= 15 is 0 Å². The van der Waals surface area contributed by atoms with Crippen molar-refractivity contribution < 1.29 is 19.1 Å². The fourth-order valence-corrected chi connectivity index (χ4v) is 4.20. The molecule has 3 N–H and O–H groups in total. The Morgan fingerprint density at radius 1 is 1.29 bits per heavy atom. The lowest BCUT2D eigenvalue weighted by Crippen LogP contribution is -2.20. The zero-order chi connectivity index (χ0) is 15.5. The number of benzene rings is 1. The van der Waals surface area contributed by atoms with Crippen LogP contribution in [0.15, 0.2) is 36.4 Å². The van der Waals surface area contributed by atoms with Crippen LogP contribution in [0.3, 0.4) is 0 Å². The average Bonchev–Trinajstić information content (AvgIpc) is 2.84. The van der Waals surface area contributed by atoms with Crippen LogP contribution in [0, 0.1) is 6.92 Å². The Kier molecular flexibility index (Phi) is 5.19. The van der Waals surface area contributed by atoms with E-state index in [2.05, 4.69) is 5.32 Å². The summed E-state index contributed by atoms with van der Waals surface area (Å²) in [6.45, 7) is 2.22. The molecule has 1 heterocycles. The summed E-state index contributed by atoms with van der Waals surface area (Å²) in [7, 11) is -2.72. The van der Waals surface area contributed by atoms with E-state index in [0.29, 0.717) is 17.2 Å². The van der Waals surface area contributed by atoms with Gasteiger partial charge in [0.2, 0.25) is 0 Å². The van der Waals surface area contributed by atoms with Crippen molar-refractivity contribution in [1.29, 1.82) is 0 Å². The van der Waals surface area contributed by atoms with Crippen LogP contribution in [-0.4, -0.2) is 16.9 Å². The van der Waals surface area contributed by atoms with Gasteiger partial charge in [-0.25, -0.2) is 0 Å². The maximum Gasteiger partial charge on any atom is 0.347 e. The van der Waals surface area contributed by atoms with Crippen molar-refractivity contribution in [2.24, 2.45) is 0 Å². The van der Waals surface area contributed by atoms with Crippen LogP contribution in [0.5, 0.6) is 5.75 Å². The van der Waals surface area contributed by atoms with Gasteiger partial charge in [-0.2, -0.15) is 0 Å². The van der Waals surface area contributed by atoms with Crippen molar-refractivity contribution in [3.63, 3.8) is 0 Å². The molecule has 21 heavy (non-hydrogen) atoms. The second-order valence-corrected chi connectivity index (χ2v) is 7.65. The predicted octanol–water partition coefficient (Wildman–Crippen LogP) is 3.03. The molecule has 2 aromatic rings. The molecular weight excluding hydrogens is 309 g/mol. The summed E-state index contributed by atoms with van der Waals surface area (Å²) in [6.07, 6.45) is 0. The van der Waals surface area contributed by atoms with Crippen molar-refractivity contribution in [3.8, 4) is 5.75 Å². The Labute approximate surface area is 127 Å². The van der Waals surface area contributed by atoms with Crippen LogP contribution in [0.4, 0.5) is 0 Å². The minimum Gasteiger partial charge on any atom is -0.496 e. The summed E-state index contributed by atoms with van der Waals surface area (Å²) in [5, 5.41) is 2.95. The first-order chi connectivity index (χ1) is 9.91. The summed E-state index contributed by atoms with van der Waals surface area (Å²) >= 11 is 1.38. The number of aryl methyl sites for hydroxylation is 1. The first-order valence-electron chi connectivity index (χ1n) is 6.38. The minimum absolute atomic E-state index is 0.316. The van der Waals surface area contributed by atoms with Crippen molar-refractivity contribution >= 4 is 18.9 Å².